The molecule has 0 spiro atoms. The molecule has 5 aromatic rings. The molecule has 0 amide bonds. The van der Waals surface area contributed by atoms with Gasteiger partial charge in [0.1, 0.15) is 35.5 Å². The van der Waals surface area contributed by atoms with Crippen molar-refractivity contribution in [2.45, 2.75) is 13.5 Å². The maximum atomic E-state index is 12.9. The number of ether oxygens (including phenoxy) is 3. The van der Waals surface area contributed by atoms with E-state index in [1.54, 1.807) is 24.3 Å². The van der Waals surface area contributed by atoms with Crippen LogP contribution in [-0.4, -0.2) is 12.6 Å². The second-order valence-corrected chi connectivity index (χ2v) is 8.03. The number of carbonyl (C=O) groups excluding carboxylic acids is 1. The summed E-state index contributed by atoms with van der Waals surface area (Å²) in [6.07, 6.45) is 1.19. The Morgan fingerprint density at radius 1 is 0.861 bits per heavy atom. The van der Waals surface area contributed by atoms with Crippen LogP contribution in [0.2, 0.25) is 0 Å². The number of fused-ring (bicyclic) bond motifs is 2. The summed E-state index contributed by atoms with van der Waals surface area (Å²) in [5.74, 6) is 0.105. The smallest absolute Gasteiger partial charge is 0.344 e. The predicted octanol–water partition coefficient (Wildman–Crippen LogP) is 5.12. The van der Waals surface area contributed by atoms with Gasteiger partial charge in [0.15, 0.2) is 6.61 Å². The number of aryl methyl sites for hydroxylation is 1. The van der Waals surface area contributed by atoms with Crippen LogP contribution in [0.15, 0.2) is 97.5 Å². The number of benzene rings is 3. The summed E-state index contributed by atoms with van der Waals surface area (Å²) < 4.78 is 27.2. The van der Waals surface area contributed by atoms with Gasteiger partial charge in [-0.05, 0) is 42.3 Å². The minimum atomic E-state index is -0.523. The zero-order valence-corrected chi connectivity index (χ0v) is 19.2. The molecule has 0 aliphatic carbocycles. The van der Waals surface area contributed by atoms with Crippen molar-refractivity contribution in [1.82, 2.24) is 0 Å². The summed E-state index contributed by atoms with van der Waals surface area (Å²) >= 11 is 0. The Labute approximate surface area is 204 Å². The topological polar surface area (TPSA) is 105 Å². The molecule has 2 aromatic heterocycles. The van der Waals surface area contributed by atoms with Crippen LogP contribution in [0, 0.1) is 6.92 Å². The van der Waals surface area contributed by atoms with Gasteiger partial charge in [0.25, 0.3) is 0 Å². The van der Waals surface area contributed by atoms with Crippen LogP contribution >= 0.6 is 0 Å². The van der Waals surface area contributed by atoms with Crippen molar-refractivity contribution in [3.63, 3.8) is 0 Å². The number of esters is 1. The molecule has 0 saturated carbocycles. The van der Waals surface area contributed by atoms with Crippen molar-refractivity contribution in [2.24, 2.45) is 0 Å². The Morgan fingerprint density at radius 3 is 2.44 bits per heavy atom. The van der Waals surface area contributed by atoms with Gasteiger partial charge in [-0.25, -0.2) is 9.59 Å². The fraction of sp³-hybridized carbons (Fsp3) is 0.107. The van der Waals surface area contributed by atoms with Crippen molar-refractivity contribution < 1.29 is 27.8 Å². The highest BCUT2D eigenvalue weighted by Gasteiger charge is 2.13. The molecular weight excluding hydrogens is 464 g/mol. The highest BCUT2D eigenvalue weighted by atomic mass is 16.6. The quantitative estimate of drug-likeness (QED) is 0.231. The first-order chi connectivity index (χ1) is 17.5. The molecule has 36 heavy (non-hydrogen) atoms. The predicted molar refractivity (Wildman–Crippen MR) is 132 cm³/mol. The summed E-state index contributed by atoms with van der Waals surface area (Å²) in [6.45, 7) is 1.67. The maximum absolute atomic E-state index is 12.9. The molecule has 0 atom stereocenters. The minimum absolute atomic E-state index is 0.0324. The molecule has 3 aromatic carbocycles. The molecule has 180 valence electrons. The summed E-state index contributed by atoms with van der Waals surface area (Å²) in [4.78, 5) is 36.6. The average molecular weight is 484 g/mol. The zero-order valence-electron chi connectivity index (χ0n) is 19.2. The van der Waals surface area contributed by atoms with E-state index in [1.165, 1.54) is 24.5 Å². The van der Waals surface area contributed by atoms with Crippen LogP contribution in [0.1, 0.15) is 11.1 Å². The summed E-state index contributed by atoms with van der Waals surface area (Å²) in [5, 5.41) is 1.04. The second kappa shape index (κ2) is 9.79. The Bertz CT molecular complexity index is 1680. The van der Waals surface area contributed by atoms with Gasteiger partial charge in [0.05, 0.1) is 5.39 Å². The first kappa shape index (κ1) is 22.9. The molecular formula is C28H20O8. The number of hydrogen-bond donors (Lipinski definition) is 0. The molecule has 0 saturated heterocycles. The van der Waals surface area contributed by atoms with Crippen molar-refractivity contribution in [2.75, 3.05) is 6.61 Å². The van der Waals surface area contributed by atoms with E-state index in [0.717, 1.165) is 16.5 Å². The van der Waals surface area contributed by atoms with Gasteiger partial charge in [-0.15, -0.1) is 0 Å². The van der Waals surface area contributed by atoms with E-state index in [2.05, 4.69) is 0 Å². The lowest BCUT2D eigenvalue weighted by Crippen LogP contribution is -2.14. The Hall–Kier alpha value is -4.85. The summed E-state index contributed by atoms with van der Waals surface area (Å²) in [7, 11) is 0. The second-order valence-electron chi connectivity index (χ2n) is 8.03. The van der Waals surface area contributed by atoms with Crippen LogP contribution in [0.5, 0.6) is 17.2 Å². The molecule has 0 aliphatic heterocycles. The molecule has 0 N–H and O–H groups in total. The van der Waals surface area contributed by atoms with Crippen LogP contribution in [0.4, 0.5) is 0 Å². The van der Waals surface area contributed by atoms with Gasteiger partial charge in [-0.3, -0.25) is 4.79 Å². The SMILES string of the molecule is Cc1cc(=O)oc2cc(Oc3coc4cc(OCC(=O)OCc5ccccc5)ccc4c3=O)ccc12. The lowest BCUT2D eigenvalue weighted by atomic mass is 10.1. The van der Waals surface area contributed by atoms with Crippen LogP contribution in [0.3, 0.4) is 0 Å². The third kappa shape index (κ3) is 4.97. The molecule has 0 radical (unpaired) electrons. The van der Waals surface area contributed by atoms with E-state index in [1.807, 2.05) is 37.3 Å². The molecule has 8 heteroatoms. The highest BCUT2D eigenvalue weighted by molar-refractivity contribution is 5.82. The van der Waals surface area contributed by atoms with Crippen molar-refractivity contribution >= 4 is 27.9 Å². The molecule has 8 nitrogen and oxygen atoms in total. The van der Waals surface area contributed by atoms with Crippen LogP contribution < -0.4 is 20.5 Å². The molecule has 2 heterocycles. The van der Waals surface area contributed by atoms with Gasteiger partial charge in [-0.1, -0.05) is 30.3 Å². The Balaban J connectivity index is 1.28. The normalized spacial score (nSPS) is 10.9. The van der Waals surface area contributed by atoms with Crippen molar-refractivity contribution in [3.05, 3.63) is 111 Å². The van der Waals surface area contributed by atoms with Gasteiger partial charge in [0, 0.05) is 23.6 Å². The van der Waals surface area contributed by atoms with E-state index < -0.39 is 17.0 Å². The van der Waals surface area contributed by atoms with Crippen LogP contribution in [-0.2, 0) is 16.1 Å². The van der Waals surface area contributed by atoms with Crippen LogP contribution in [0.25, 0.3) is 21.9 Å². The zero-order chi connectivity index (χ0) is 25.1. The average Bonchev–Trinajstić information content (AvgIpc) is 2.88. The van der Waals surface area contributed by atoms with E-state index >= 15 is 0 Å². The first-order valence-corrected chi connectivity index (χ1v) is 11.1. The van der Waals surface area contributed by atoms with E-state index in [-0.39, 0.29) is 29.9 Å². The van der Waals surface area contributed by atoms with Crippen molar-refractivity contribution in [3.8, 4) is 17.2 Å². The summed E-state index contributed by atoms with van der Waals surface area (Å²) in [6, 6.07) is 20.3. The standard InChI is InChI=1S/C28H20O8/c1-17-11-26(29)36-24-13-20(8-9-21(17)24)35-25-15-33-23-12-19(7-10-22(23)28(25)31)32-16-27(30)34-14-18-5-3-2-4-6-18/h2-13,15H,14,16H2,1H3. The number of carbonyl (C=O) groups is 1. The van der Waals surface area contributed by atoms with Gasteiger partial charge in [0.2, 0.25) is 11.2 Å². The van der Waals surface area contributed by atoms with Gasteiger partial charge in [-0.2, -0.15) is 0 Å². The molecule has 5 rings (SSSR count). The lowest BCUT2D eigenvalue weighted by molar-refractivity contribution is -0.147. The minimum Gasteiger partial charge on any atom is -0.482 e. The number of rotatable bonds is 7. The lowest BCUT2D eigenvalue weighted by Gasteiger charge is -2.09. The molecule has 0 unspecified atom stereocenters. The fourth-order valence-electron chi connectivity index (χ4n) is 3.67. The largest absolute Gasteiger partial charge is 0.482 e. The fourth-order valence-corrected chi connectivity index (χ4v) is 3.67. The van der Waals surface area contributed by atoms with E-state index in [4.69, 9.17) is 23.0 Å². The molecule has 0 fully saturated rings. The Kier molecular flexibility index (Phi) is 6.23. The van der Waals surface area contributed by atoms with Gasteiger partial charge >= 0.3 is 11.6 Å². The third-order valence-corrected chi connectivity index (χ3v) is 5.46. The molecule has 0 aliphatic rings. The van der Waals surface area contributed by atoms with E-state index in [9.17, 15) is 14.4 Å². The monoisotopic (exact) mass is 484 g/mol. The summed E-state index contributed by atoms with van der Waals surface area (Å²) in [5.41, 5.74) is 1.41. The van der Waals surface area contributed by atoms with Crippen molar-refractivity contribution in [1.29, 1.82) is 0 Å². The van der Waals surface area contributed by atoms with E-state index in [0.29, 0.717) is 17.1 Å². The Morgan fingerprint density at radius 2 is 1.61 bits per heavy atom. The third-order valence-electron chi connectivity index (χ3n) is 5.46. The van der Waals surface area contributed by atoms with Gasteiger partial charge < -0.3 is 23.0 Å². The highest BCUT2D eigenvalue weighted by Crippen LogP contribution is 2.27. The maximum Gasteiger partial charge on any atom is 0.344 e. The number of hydrogen-bond acceptors (Lipinski definition) is 8. The molecule has 0 bridgehead atoms. The first-order valence-electron chi connectivity index (χ1n) is 11.1.